The fourth-order valence-electron chi connectivity index (χ4n) is 2.78. The zero-order valence-corrected chi connectivity index (χ0v) is 18.6. The largest absolute Gasteiger partial charge is 0.381 e. The molecule has 1 atom stereocenters. The van der Waals surface area contributed by atoms with Gasteiger partial charge in [-0.2, -0.15) is 5.10 Å². The Morgan fingerprint density at radius 1 is 1.38 bits per heavy atom. The maximum atomic E-state index is 5.92. The van der Waals surface area contributed by atoms with E-state index in [-0.39, 0.29) is 30.1 Å². The number of morpholine rings is 1. The normalized spacial score (nSPS) is 17.9. The molecule has 1 aliphatic heterocycles. The first-order valence-corrected chi connectivity index (χ1v) is 9.45. The molecule has 1 N–H and O–H groups in total. The van der Waals surface area contributed by atoms with Gasteiger partial charge in [-0.3, -0.25) is 9.67 Å². The molecule has 1 aromatic heterocycles. The summed E-state index contributed by atoms with van der Waals surface area (Å²) in [6.07, 6.45) is 7.21. The lowest BCUT2D eigenvalue weighted by molar-refractivity contribution is -0.00805. The summed E-state index contributed by atoms with van der Waals surface area (Å²) in [5.41, 5.74) is 1.12. The van der Waals surface area contributed by atoms with Crippen molar-refractivity contribution in [3.8, 4) is 0 Å². The molecule has 2 rings (SSSR count). The Hall–Kier alpha value is -0.870. The number of halogens is 1. The lowest BCUT2D eigenvalue weighted by atomic mass is 10.1. The topological polar surface area (TPSA) is 63.9 Å². The number of ether oxygens (including phenoxy) is 2. The average Bonchev–Trinajstić information content (AvgIpc) is 3.06. The van der Waals surface area contributed by atoms with Crippen LogP contribution in [-0.4, -0.2) is 66.6 Å². The van der Waals surface area contributed by atoms with Crippen LogP contribution in [0.15, 0.2) is 17.4 Å². The van der Waals surface area contributed by atoms with E-state index in [1.807, 2.05) is 24.1 Å². The fraction of sp³-hybridized carbons (Fsp3) is 0.778. The third-order valence-corrected chi connectivity index (χ3v) is 4.15. The average molecular weight is 479 g/mol. The molecule has 7 nitrogen and oxygen atoms in total. The van der Waals surface area contributed by atoms with Gasteiger partial charge in [0.1, 0.15) is 6.10 Å². The summed E-state index contributed by atoms with van der Waals surface area (Å²) >= 11 is 0. The summed E-state index contributed by atoms with van der Waals surface area (Å²) in [5, 5.41) is 7.65. The first-order chi connectivity index (χ1) is 12.2. The van der Waals surface area contributed by atoms with Crippen LogP contribution in [0.3, 0.4) is 0 Å². The number of hydrogen-bond donors (Lipinski definition) is 1. The van der Waals surface area contributed by atoms with E-state index < -0.39 is 0 Å². The van der Waals surface area contributed by atoms with Crippen LogP contribution in [0, 0.1) is 0 Å². The Morgan fingerprint density at radius 2 is 2.19 bits per heavy atom. The summed E-state index contributed by atoms with van der Waals surface area (Å²) in [4.78, 5) is 7.04. The summed E-state index contributed by atoms with van der Waals surface area (Å²) in [6.45, 7) is 9.91. The van der Waals surface area contributed by atoms with Crippen molar-refractivity contribution in [3.05, 3.63) is 18.0 Å². The number of aryl methyl sites for hydroxylation is 1. The molecular weight excluding hydrogens is 445 g/mol. The number of aliphatic imine (C=N–C) groups is 1. The maximum absolute atomic E-state index is 5.92. The Kier molecular flexibility index (Phi) is 11.9. The van der Waals surface area contributed by atoms with Gasteiger partial charge in [0, 0.05) is 51.7 Å². The lowest BCUT2D eigenvalue weighted by Crippen LogP contribution is -2.48. The van der Waals surface area contributed by atoms with Crippen molar-refractivity contribution in [2.45, 2.75) is 39.2 Å². The zero-order valence-electron chi connectivity index (χ0n) is 16.3. The molecule has 0 radical (unpaired) electrons. The van der Waals surface area contributed by atoms with Crippen LogP contribution in [0.25, 0.3) is 0 Å². The molecule has 1 fully saturated rings. The van der Waals surface area contributed by atoms with Crippen LogP contribution in [0.2, 0.25) is 0 Å². The van der Waals surface area contributed by atoms with Gasteiger partial charge in [-0.25, -0.2) is 0 Å². The maximum Gasteiger partial charge on any atom is 0.194 e. The molecule has 0 aliphatic carbocycles. The Labute approximate surface area is 174 Å². The highest BCUT2D eigenvalue weighted by molar-refractivity contribution is 14.0. The predicted octanol–water partition coefficient (Wildman–Crippen LogP) is 2.58. The van der Waals surface area contributed by atoms with Crippen LogP contribution in [0.5, 0.6) is 0 Å². The van der Waals surface area contributed by atoms with Gasteiger partial charge < -0.3 is 19.7 Å². The number of nitrogens with one attached hydrogen (secondary N) is 1. The molecule has 0 saturated carbocycles. The van der Waals surface area contributed by atoms with Crippen LogP contribution in [0.1, 0.15) is 44.8 Å². The molecule has 2 heterocycles. The van der Waals surface area contributed by atoms with E-state index in [0.717, 1.165) is 63.8 Å². The molecule has 26 heavy (non-hydrogen) atoms. The molecule has 0 amide bonds. The zero-order chi connectivity index (χ0) is 17.9. The van der Waals surface area contributed by atoms with Gasteiger partial charge in [0.2, 0.25) is 0 Å². The predicted molar refractivity (Wildman–Crippen MR) is 115 cm³/mol. The minimum Gasteiger partial charge on any atom is -0.381 e. The second kappa shape index (κ2) is 13.3. The Balaban J connectivity index is 0.00000338. The first-order valence-electron chi connectivity index (χ1n) is 9.45. The number of rotatable bonds is 9. The molecule has 8 heteroatoms. The van der Waals surface area contributed by atoms with Crippen molar-refractivity contribution in [2.24, 2.45) is 12.0 Å². The van der Waals surface area contributed by atoms with E-state index >= 15 is 0 Å². The van der Waals surface area contributed by atoms with E-state index in [0.29, 0.717) is 6.61 Å². The summed E-state index contributed by atoms with van der Waals surface area (Å²) in [5.74, 6) is 0.966. The number of aromatic nitrogens is 2. The molecule has 0 spiro atoms. The van der Waals surface area contributed by atoms with Gasteiger partial charge in [0.05, 0.1) is 19.3 Å². The van der Waals surface area contributed by atoms with Crippen LogP contribution in [0.4, 0.5) is 0 Å². The first kappa shape index (κ1) is 23.2. The lowest BCUT2D eigenvalue weighted by Gasteiger charge is -2.34. The van der Waals surface area contributed by atoms with Crippen molar-refractivity contribution in [2.75, 3.05) is 46.0 Å². The number of unbranched alkanes of at least 4 members (excludes halogenated alkanes) is 1. The van der Waals surface area contributed by atoms with E-state index in [2.05, 4.69) is 29.2 Å². The van der Waals surface area contributed by atoms with E-state index in [1.54, 1.807) is 0 Å². The third-order valence-electron chi connectivity index (χ3n) is 4.15. The highest BCUT2D eigenvalue weighted by atomic mass is 127. The molecule has 1 aromatic rings. The number of guanidine groups is 1. The van der Waals surface area contributed by atoms with Crippen molar-refractivity contribution in [1.82, 2.24) is 20.0 Å². The fourth-order valence-corrected chi connectivity index (χ4v) is 2.78. The Morgan fingerprint density at radius 3 is 2.88 bits per heavy atom. The van der Waals surface area contributed by atoms with Crippen molar-refractivity contribution >= 4 is 29.9 Å². The van der Waals surface area contributed by atoms with E-state index in [9.17, 15) is 0 Å². The van der Waals surface area contributed by atoms with E-state index in [4.69, 9.17) is 14.5 Å². The van der Waals surface area contributed by atoms with Crippen molar-refractivity contribution < 1.29 is 9.47 Å². The highest BCUT2D eigenvalue weighted by Crippen LogP contribution is 2.21. The van der Waals surface area contributed by atoms with Crippen molar-refractivity contribution in [1.29, 1.82) is 0 Å². The van der Waals surface area contributed by atoms with Crippen LogP contribution in [-0.2, 0) is 16.5 Å². The van der Waals surface area contributed by atoms with Crippen molar-refractivity contribution in [3.63, 3.8) is 0 Å². The molecule has 1 aliphatic rings. The smallest absolute Gasteiger partial charge is 0.194 e. The molecule has 1 unspecified atom stereocenters. The Bertz CT molecular complexity index is 523. The van der Waals surface area contributed by atoms with Gasteiger partial charge in [-0.05, 0) is 19.8 Å². The number of hydrogen-bond acceptors (Lipinski definition) is 4. The summed E-state index contributed by atoms with van der Waals surface area (Å²) in [7, 11) is 1.93. The molecular formula is C18H34IN5O2. The van der Waals surface area contributed by atoms with Gasteiger partial charge in [-0.1, -0.05) is 13.3 Å². The van der Waals surface area contributed by atoms with Crippen LogP contribution < -0.4 is 5.32 Å². The second-order valence-corrected chi connectivity index (χ2v) is 6.31. The minimum absolute atomic E-state index is 0. The molecule has 1 saturated heterocycles. The van der Waals surface area contributed by atoms with Crippen LogP contribution >= 0.6 is 24.0 Å². The molecule has 0 aromatic carbocycles. The summed E-state index contributed by atoms with van der Waals surface area (Å²) < 4.78 is 13.3. The van der Waals surface area contributed by atoms with E-state index in [1.165, 1.54) is 6.42 Å². The standard InChI is InChI=1S/C18H33N5O2.HI/c1-4-6-10-24-11-7-8-20-18(19-5-2)23-9-12-25-17(15-23)16-13-21-22(3)14-16;/h13-14,17H,4-12,15H2,1-3H3,(H,19,20);1H. The molecule has 150 valence electrons. The van der Waals surface area contributed by atoms with Gasteiger partial charge in [0.25, 0.3) is 0 Å². The summed E-state index contributed by atoms with van der Waals surface area (Å²) in [6, 6.07) is 0. The monoisotopic (exact) mass is 479 g/mol. The second-order valence-electron chi connectivity index (χ2n) is 6.31. The SMILES string of the molecule is CCCCOCCCN=C(NCC)N1CCOC(c2cnn(C)c2)C1.I. The molecule has 0 bridgehead atoms. The van der Waals surface area contributed by atoms with Gasteiger partial charge in [0.15, 0.2) is 5.96 Å². The van der Waals surface area contributed by atoms with Gasteiger partial charge >= 0.3 is 0 Å². The highest BCUT2D eigenvalue weighted by Gasteiger charge is 2.25. The number of nitrogens with zero attached hydrogens (tertiary/aromatic N) is 4. The minimum atomic E-state index is 0. The quantitative estimate of drug-likeness (QED) is 0.255. The third kappa shape index (κ3) is 7.79. The van der Waals surface area contributed by atoms with Gasteiger partial charge in [-0.15, -0.1) is 24.0 Å².